The van der Waals surface area contributed by atoms with Crippen LogP contribution < -0.4 is 4.74 Å². The molecule has 1 aliphatic rings. The maximum Gasteiger partial charge on any atom is 0.244 e. The van der Waals surface area contributed by atoms with Crippen LogP contribution in [0.5, 0.6) is 11.6 Å². The molecule has 4 rings (SSSR count). The molecule has 3 heterocycles. The average molecular weight is 381 g/mol. The Kier molecular flexibility index (Phi) is 5.01. The number of halogens is 1. The van der Waals surface area contributed by atoms with Gasteiger partial charge in [-0.25, -0.2) is 9.37 Å². The molecule has 0 aliphatic carbocycles. The molecule has 0 radical (unpaired) electrons. The summed E-state index contributed by atoms with van der Waals surface area (Å²) in [6.45, 7) is 3.25. The summed E-state index contributed by atoms with van der Waals surface area (Å²) < 4.78 is 21.1. The summed E-state index contributed by atoms with van der Waals surface area (Å²) in [7, 11) is 0. The standard InChI is InChI=1S/C20H20FN5O2/c1-14-11-18(28-17-6-3-2-5-16(17)21)24-20(23-14)15-7-10-25(12-15)19(27)13-26-9-4-8-22-26/h2-6,8-9,11,15H,7,10,12-13H2,1H3/t15-/m0/s1. The van der Waals surface area contributed by atoms with Crippen LogP contribution >= 0.6 is 0 Å². The average Bonchev–Trinajstić information content (AvgIpc) is 3.35. The summed E-state index contributed by atoms with van der Waals surface area (Å²) in [4.78, 5) is 23.2. The molecule has 0 N–H and O–H groups in total. The molecular weight excluding hydrogens is 361 g/mol. The number of para-hydroxylation sites is 1. The van der Waals surface area contributed by atoms with E-state index in [0.717, 1.165) is 12.1 Å². The Morgan fingerprint density at radius 1 is 1.29 bits per heavy atom. The number of aromatic nitrogens is 4. The molecule has 3 aromatic rings. The lowest BCUT2D eigenvalue weighted by molar-refractivity contribution is -0.131. The van der Waals surface area contributed by atoms with Gasteiger partial charge >= 0.3 is 0 Å². The highest BCUT2D eigenvalue weighted by Crippen LogP contribution is 2.28. The predicted molar refractivity (Wildman–Crippen MR) is 99.4 cm³/mol. The Morgan fingerprint density at radius 3 is 2.93 bits per heavy atom. The van der Waals surface area contributed by atoms with Crippen molar-refractivity contribution in [2.45, 2.75) is 25.8 Å². The summed E-state index contributed by atoms with van der Waals surface area (Å²) in [6, 6.07) is 9.66. The van der Waals surface area contributed by atoms with Gasteiger partial charge in [-0.3, -0.25) is 9.48 Å². The molecule has 1 fully saturated rings. The van der Waals surface area contributed by atoms with Gasteiger partial charge in [-0.1, -0.05) is 12.1 Å². The van der Waals surface area contributed by atoms with Crippen molar-refractivity contribution in [2.24, 2.45) is 0 Å². The van der Waals surface area contributed by atoms with E-state index in [9.17, 15) is 9.18 Å². The van der Waals surface area contributed by atoms with E-state index in [4.69, 9.17) is 4.74 Å². The third-order valence-corrected chi connectivity index (χ3v) is 4.66. The minimum absolute atomic E-state index is 0.0154. The van der Waals surface area contributed by atoms with Gasteiger partial charge in [0, 0.05) is 43.2 Å². The van der Waals surface area contributed by atoms with Gasteiger partial charge in [0.1, 0.15) is 12.4 Å². The number of hydrogen-bond donors (Lipinski definition) is 0. The molecule has 0 saturated carbocycles. The van der Waals surface area contributed by atoms with Crippen LogP contribution in [0.4, 0.5) is 4.39 Å². The monoisotopic (exact) mass is 381 g/mol. The number of carbonyl (C=O) groups excluding carboxylic acids is 1. The Labute approximate surface area is 161 Å². The van der Waals surface area contributed by atoms with Crippen LogP contribution in [0.25, 0.3) is 0 Å². The summed E-state index contributed by atoms with van der Waals surface area (Å²) in [5, 5.41) is 4.07. The van der Waals surface area contributed by atoms with Crippen LogP contribution in [0.3, 0.4) is 0 Å². The summed E-state index contributed by atoms with van der Waals surface area (Å²) >= 11 is 0. The summed E-state index contributed by atoms with van der Waals surface area (Å²) in [5.74, 6) is 0.617. The number of hydrogen-bond acceptors (Lipinski definition) is 5. The molecule has 0 bridgehead atoms. The second-order valence-corrected chi connectivity index (χ2v) is 6.77. The number of likely N-dealkylation sites (tertiary alicyclic amines) is 1. The van der Waals surface area contributed by atoms with Crippen LogP contribution in [0, 0.1) is 12.7 Å². The second kappa shape index (κ2) is 7.75. The van der Waals surface area contributed by atoms with E-state index in [1.54, 1.807) is 52.3 Å². The fraction of sp³-hybridized carbons (Fsp3) is 0.300. The second-order valence-electron chi connectivity index (χ2n) is 6.77. The van der Waals surface area contributed by atoms with Gasteiger partial charge in [0.05, 0.1) is 0 Å². The Hall–Kier alpha value is -3.29. The topological polar surface area (TPSA) is 73.1 Å². The smallest absolute Gasteiger partial charge is 0.244 e. The zero-order chi connectivity index (χ0) is 19.5. The molecular formula is C20H20FN5O2. The first kappa shape index (κ1) is 18.1. The van der Waals surface area contributed by atoms with Crippen molar-refractivity contribution < 1.29 is 13.9 Å². The molecule has 1 aliphatic heterocycles. The third-order valence-electron chi connectivity index (χ3n) is 4.66. The van der Waals surface area contributed by atoms with Crippen LogP contribution in [0.15, 0.2) is 48.8 Å². The maximum absolute atomic E-state index is 13.9. The molecule has 28 heavy (non-hydrogen) atoms. The van der Waals surface area contributed by atoms with Crippen molar-refractivity contribution in [3.63, 3.8) is 0 Å². The molecule has 1 saturated heterocycles. The van der Waals surface area contributed by atoms with Crippen molar-refractivity contribution in [3.05, 3.63) is 66.1 Å². The van der Waals surface area contributed by atoms with Crippen LogP contribution in [-0.4, -0.2) is 43.6 Å². The first-order chi connectivity index (χ1) is 13.6. The van der Waals surface area contributed by atoms with E-state index < -0.39 is 5.82 Å². The minimum Gasteiger partial charge on any atom is -0.436 e. The number of nitrogens with zero attached hydrogens (tertiary/aromatic N) is 5. The SMILES string of the molecule is Cc1cc(Oc2ccccc2F)nc([C@H]2CCN(C(=O)Cn3cccn3)C2)n1. The highest BCUT2D eigenvalue weighted by atomic mass is 19.1. The molecule has 1 amide bonds. The van der Waals surface area contributed by atoms with Gasteiger partial charge in [0.25, 0.3) is 0 Å². The number of rotatable bonds is 5. The van der Waals surface area contributed by atoms with Crippen molar-refractivity contribution >= 4 is 5.91 Å². The summed E-state index contributed by atoms with van der Waals surface area (Å²) in [5.41, 5.74) is 0.734. The van der Waals surface area contributed by atoms with Gasteiger partial charge in [-0.2, -0.15) is 10.1 Å². The zero-order valence-electron chi connectivity index (χ0n) is 15.5. The first-order valence-electron chi connectivity index (χ1n) is 9.11. The van der Waals surface area contributed by atoms with Crippen molar-refractivity contribution in [1.82, 2.24) is 24.6 Å². The molecule has 1 aromatic carbocycles. The van der Waals surface area contributed by atoms with Gasteiger partial charge in [0.2, 0.25) is 11.8 Å². The van der Waals surface area contributed by atoms with Gasteiger partial charge in [-0.05, 0) is 31.5 Å². The fourth-order valence-corrected chi connectivity index (χ4v) is 3.27. The quantitative estimate of drug-likeness (QED) is 0.679. The van der Waals surface area contributed by atoms with Gasteiger partial charge < -0.3 is 9.64 Å². The van der Waals surface area contributed by atoms with E-state index in [1.807, 2.05) is 6.92 Å². The van der Waals surface area contributed by atoms with E-state index in [-0.39, 0.29) is 24.1 Å². The minimum atomic E-state index is -0.448. The first-order valence-corrected chi connectivity index (χ1v) is 9.11. The zero-order valence-corrected chi connectivity index (χ0v) is 15.5. The number of aryl methyl sites for hydroxylation is 1. The number of benzene rings is 1. The number of carbonyl (C=O) groups is 1. The lowest BCUT2D eigenvalue weighted by Gasteiger charge is -2.16. The molecule has 144 valence electrons. The van der Waals surface area contributed by atoms with E-state index in [0.29, 0.717) is 24.8 Å². The van der Waals surface area contributed by atoms with Crippen LogP contribution in [-0.2, 0) is 11.3 Å². The molecule has 7 nitrogen and oxygen atoms in total. The molecule has 0 spiro atoms. The summed E-state index contributed by atoms with van der Waals surface area (Å²) in [6.07, 6.45) is 4.19. The van der Waals surface area contributed by atoms with Crippen LogP contribution in [0.2, 0.25) is 0 Å². The van der Waals surface area contributed by atoms with Crippen molar-refractivity contribution in [3.8, 4) is 11.6 Å². The Morgan fingerprint density at radius 2 is 2.14 bits per heavy atom. The molecule has 1 atom stereocenters. The van der Waals surface area contributed by atoms with E-state index in [1.165, 1.54) is 6.07 Å². The highest BCUT2D eigenvalue weighted by molar-refractivity contribution is 5.76. The molecule has 2 aromatic heterocycles. The lowest BCUT2D eigenvalue weighted by atomic mass is 10.1. The largest absolute Gasteiger partial charge is 0.436 e. The predicted octanol–water partition coefficient (Wildman–Crippen LogP) is 2.93. The molecule has 0 unspecified atom stereocenters. The fourth-order valence-electron chi connectivity index (χ4n) is 3.27. The van der Waals surface area contributed by atoms with Crippen LogP contribution in [0.1, 0.15) is 23.9 Å². The normalized spacial score (nSPS) is 16.4. The Bertz CT molecular complexity index is 976. The van der Waals surface area contributed by atoms with Gasteiger partial charge in [-0.15, -0.1) is 0 Å². The number of ether oxygens (including phenoxy) is 1. The maximum atomic E-state index is 13.9. The Balaban J connectivity index is 1.46. The lowest BCUT2D eigenvalue weighted by Crippen LogP contribution is -2.32. The molecule has 8 heteroatoms. The van der Waals surface area contributed by atoms with Crippen molar-refractivity contribution in [2.75, 3.05) is 13.1 Å². The highest BCUT2D eigenvalue weighted by Gasteiger charge is 2.29. The number of amides is 1. The van der Waals surface area contributed by atoms with Crippen molar-refractivity contribution in [1.29, 1.82) is 0 Å². The third kappa shape index (κ3) is 4.00. The van der Waals surface area contributed by atoms with Gasteiger partial charge in [0.15, 0.2) is 11.6 Å². The van der Waals surface area contributed by atoms with E-state index in [2.05, 4.69) is 15.1 Å². The van der Waals surface area contributed by atoms with E-state index >= 15 is 0 Å².